The van der Waals surface area contributed by atoms with Crippen molar-refractivity contribution < 1.29 is 4.74 Å². The molecule has 2 aromatic heterocycles. The highest BCUT2D eigenvalue weighted by Crippen LogP contribution is 2.29. The minimum atomic E-state index is 0.579. The summed E-state index contributed by atoms with van der Waals surface area (Å²) in [5, 5.41) is 16.6. The zero-order valence-electron chi connectivity index (χ0n) is 16.3. The van der Waals surface area contributed by atoms with E-state index in [-0.39, 0.29) is 0 Å². The Morgan fingerprint density at radius 1 is 1.14 bits per heavy atom. The van der Waals surface area contributed by atoms with Gasteiger partial charge >= 0.3 is 0 Å². The average Bonchev–Trinajstić information content (AvgIpc) is 3.34. The zero-order valence-corrected chi connectivity index (χ0v) is 16.3. The second kappa shape index (κ2) is 7.48. The van der Waals surface area contributed by atoms with Gasteiger partial charge in [-0.1, -0.05) is 0 Å². The second-order valence-corrected chi connectivity index (χ2v) is 6.51. The third-order valence-electron chi connectivity index (χ3n) is 4.46. The number of methoxy groups -OCH3 is 1. The van der Waals surface area contributed by atoms with Crippen molar-refractivity contribution in [3.8, 4) is 28.9 Å². The van der Waals surface area contributed by atoms with Gasteiger partial charge < -0.3 is 14.6 Å². The highest BCUT2D eigenvalue weighted by atomic mass is 16.5. The SMILES string of the molecule is COc1cc(-c2nc(Nc3ccc(C#N)cc3)n(C)n2)ccc1-n1cnc(C)c1. The number of aromatic nitrogens is 5. The van der Waals surface area contributed by atoms with Crippen LogP contribution < -0.4 is 10.1 Å². The quantitative estimate of drug-likeness (QED) is 0.564. The smallest absolute Gasteiger partial charge is 0.225 e. The van der Waals surface area contributed by atoms with Gasteiger partial charge in [0, 0.05) is 24.5 Å². The monoisotopic (exact) mass is 385 g/mol. The minimum Gasteiger partial charge on any atom is -0.495 e. The molecule has 8 nitrogen and oxygen atoms in total. The molecule has 2 aromatic carbocycles. The molecule has 2 heterocycles. The topological polar surface area (TPSA) is 93.6 Å². The molecule has 0 fully saturated rings. The molecule has 1 N–H and O–H groups in total. The van der Waals surface area contributed by atoms with Crippen LogP contribution >= 0.6 is 0 Å². The van der Waals surface area contributed by atoms with Crippen molar-refractivity contribution in [2.24, 2.45) is 7.05 Å². The molecule has 0 aliphatic heterocycles. The van der Waals surface area contributed by atoms with Gasteiger partial charge in [0.2, 0.25) is 5.95 Å². The van der Waals surface area contributed by atoms with Gasteiger partial charge in [0.1, 0.15) is 5.75 Å². The summed E-state index contributed by atoms with van der Waals surface area (Å²) in [7, 11) is 3.46. The Bertz CT molecular complexity index is 1200. The van der Waals surface area contributed by atoms with E-state index in [0.717, 1.165) is 22.6 Å². The summed E-state index contributed by atoms with van der Waals surface area (Å²) in [6.45, 7) is 1.94. The van der Waals surface area contributed by atoms with Gasteiger partial charge in [0.15, 0.2) is 5.82 Å². The number of hydrogen-bond donors (Lipinski definition) is 1. The second-order valence-electron chi connectivity index (χ2n) is 6.51. The molecule has 8 heteroatoms. The molecule has 0 radical (unpaired) electrons. The maximum absolute atomic E-state index is 8.92. The predicted octanol–water partition coefficient (Wildman–Crippen LogP) is 3.60. The number of anilines is 2. The highest BCUT2D eigenvalue weighted by Gasteiger charge is 2.13. The number of ether oxygens (including phenoxy) is 1. The van der Waals surface area contributed by atoms with E-state index < -0.39 is 0 Å². The first kappa shape index (κ1) is 18.3. The molecule has 0 spiro atoms. The van der Waals surface area contributed by atoms with E-state index in [1.165, 1.54) is 0 Å². The fourth-order valence-electron chi connectivity index (χ4n) is 2.96. The molecule has 4 rings (SSSR count). The van der Waals surface area contributed by atoms with E-state index in [1.54, 1.807) is 30.3 Å². The van der Waals surface area contributed by atoms with E-state index in [4.69, 9.17) is 10.00 Å². The van der Waals surface area contributed by atoms with E-state index in [2.05, 4.69) is 26.5 Å². The fourth-order valence-corrected chi connectivity index (χ4v) is 2.96. The lowest BCUT2D eigenvalue weighted by Gasteiger charge is -2.10. The van der Waals surface area contributed by atoms with Gasteiger partial charge in [-0.2, -0.15) is 10.2 Å². The van der Waals surface area contributed by atoms with Crippen molar-refractivity contribution >= 4 is 11.6 Å². The Morgan fingerprint density at radius 2 is 1.93 bits per heavy atom. The van der Waals surface area contributed by atoms with E-state index in [0.29, 0.717) is 23.1 Å². The number of nitrogens with zero attached hydrogens (tertiary/aromatic N) is 6. The Hall–Kier alpha value is -4.12. The molecule has 0 aliphatic carbocycles. The van der Waals surface area contributed by atoms with Crippen LogP contribution in [0.3, 0.4) is 0 Å². The third-order valence-corrected chi connectivity index (χ3v) is 4.46. The van der Waals surface area contributed by atoms with Crippen LogP contribution in [0.4, 0.5) is 11.6 Å². The first-order valence-corrected chi connectivity index (χ1v) is 8.95. The van der Waals surface area contributed by atoms with E-state index >= 15 is 0 Å². The van der Waals surface area contributed by atoms with Crippen LogP contribution in [-0.2, 0) is 7.05 Å². The molecule has 144 valence electrons. The van der Waals surface area contributed by atoms with Crippen LogP contribution in [0.25, 0.3) is 17.1 Å². The summed E-state index contributed by atoms with van der Waals surface area (Å²) in [6.07, 6.45) is 3.70. The molecule has 0 bridgehead atoms. The van der Waals surface area contributed by atoms with Gasteiger partial charge in [-0.05, 0) is 49.4 Å². The molecule has 0 amide bonds. The van der Waals surface area contributed by atoms with Crippen molar-refractivity contribution in [1.29, 1.82) is 5.26 Å². The summed E-state index contributed by atoms with van der Waals surface area (Å²) in [5.41, 5.74) is 4.10. The van der Waals surface area contributed by atoms with Crippen molar-refractivity contribution in [3.05, 3.63) is 66.2 Å². The van der Waals surface area contributed by atoms with E-state index in [9.17, 15) is 0 Å². The summed E-state index contributed by atoms with van der Waals surface area (Å²) >= 11 is 0. The Morgan fingerprint density at radius 3 is 2.59 bits per heavy atom. The number of nitrogens with one attached hydrogen (secondary N) is 1. The Balaban J connectivity index is 1.63. The molecular weight excluding hydrogens is 366 g/mol. The standard InChI is InChI=1S/C21H19N7O/c1-14-12-28(13-23-14)18-9-6-16(10-19(18)29-3)20-25-21(27(2)26-20)24-17-7-4-15(11-22)5-8-17/h4-10,12-13H,1-3H3,(H,24,25,26). The molecule has 0 saturated heterocycles. The number of aryl methyl sites for hydroxylation is 2. The number of hydrogen-bond acceptors (Lipinski definition) is 6. The first-order valence-electron chi connectivity index (χ1n) is 8.95. The summed E-state index contributed by atoms with van der Waals surface area (Å²) < 4.78 is 9.16. The average molecular weight is 385 g/mol. The lowest BCUT2D eigenvalue weighted by Crippen LogP contribution is -2.00. The van der Waals surface area contributed by atoms with Gasteiger partial charge in [0.05, 0.1) is 36.5 Å². The summed E-state index contributed by atoms with van der Waals surface area (Å²) in [5.74, 6) is 1.88. The normalized spacial score (nSPS) is 10.6. The minimum absolute atomic E-state index is 0.579. The van der Waals surface area contributed by atoms with Crippen LogP contribution in [0.2, 0.25) is 0 Å². The van der Waals surface area contributed by atoms with Gasteiger partial charge in [-0.3, -0.25) is 0 Å². The summed E-state index contributed by atoms with van der Waals surface area (Å²) in [4.78, 5) is 8.87. The fraction of sp³-hybridized carbons (Fsp3) is 0.143. The predicted molar refractivity (Wildman–Crippen MR) is 109 cm³/mol. The molecule has 0 unspecified atom stereocenters. The zero-order chi connectivity index (χ0) is 20.4. The number of imidazole rings is 1. The van der Waals surface area contributed by atoms with Gasteiger partial charge in [-0.15, -0.1) is 5.10 Å². The van der Waals surface area contributed by atoms with Crippen molar-refractivity contribution in [2.45, 2.75) is 6.92 Å². The van der Waals surface area contributed by atoms with Gasteiger partial charge in [-0.25, -0.2) is 9.67 Å². The van der Waals surface area contributed by atoms with Crippen molar-refractivity contribution in [1.82, 2.24) is 24.3 Å². The molecular formula is C21H19N7O. The maximum Gasteiger partial charge on any atom is 0.225 e. The largest absolute Gasteiger partial charge is 0.495 e. The lowest BCUT2D eigenvalue weighted by molar-refractivity contribution is 0.413. The molecule has 0 atom stereocenters. The molecule has 0 aliphatic rings. The van der Waals surface area contributed by atoms with Gasteiger partial charge in [0.25, 0.3) is 0 Å². The maximum atomic E-state index is 8.92. The molecule has 4 aromatic rings. The number of rotatable bonds is 5. The lowest BCUT2D eigenvalue weighted by atomic mass is 10.1. The van der Waals surface area contributed by atoms with Crippen LogP contribution in [-0.4, -0.2) is 31.4 Å². The number of benzene rings is 2. The molecule has 29 heavy (non-hydrogen) atoms. The Labute approximate surface area is 168 Å². The highest BCUT2D eigenvalue weighted by molar-refractivity contribution is 5.65. The Kier molecular flexibility index (Phi) is 4.71. The third kappa shape index (κ3) is 3.66. The summed E-state index contributed by atoms with van der Waals surface area (Å²) in [6, 6.07) is 15.1. The van der Waals surface area contributed by atoms with Crippen molar-refractivity contribution in [2.75, 3.05) is 12.4 Å². The van der Waals surface area contributed by atoms with Crippen molar-refractivity contribution in [3.63, 3.8) is 0 Å². The molecule has 0 saturated carbocycles. The van der Waals surface area contributed by atoms with E-state index in [1.807, 2.05) is 55.1 Å². The van der Waals surface area contributed by atoms with Crippen LogP contribution in [0.1, 0.15) is 11.3 Å². The van der Waals surface area contributed by atoms with Crippen LogP contribution in [0, 0.1) is 18.3 Å². The van der Waals surface area contributed by atoms with Crippen LogP contribution in [0.15, 0.2) is 55.0 Å². The number of nitriles is 1. The van der Waals surface area contributed by atoms with Crippen LogP contribution in [0.5, 0.6) is 5.75 Å². The first-order chi connectivity index (χ1) is 14.1.